The number of carboxylic acids is 1. The standard InChI is InChI=1S/C16H18N2O3S/c1-3-11-4-6-12(7-5-11)17-15(21)10(2)16-18-13(9-22-16)8-14(19)20/h4-7,9-10H,3,8H2,1-2H3,(H,17,21)(H,19,20). The molecule has 1 unspecified atom stereocenters. The minimum Gasteiger partial charge on any atom is -0.481 e. The van der Waals surface area contributed by atoms with Gasteiger partial charge in [-0.1, -0.05) is 19.1 Å². The van der Waals surface area contributed by atoms with Crippen LogP contribution in [0.5, 0.6) is 0 Å². The molecule has 0 aliphatic carbocycles. The van der Waals surface area contributed by atoms with Crippen LogP contribution in [0, 0.1) is 0 Å². The van der Waals surface area contributed by atoms with Gasteiger partial charge in [-0.15, -0.1) is 11.3 Å². The largest absolute Gasteiger partial charge is 0.481 e. The van der Waals surface area contributed by atoms with Crippen LogP contribution in [0.2, 0.25) is 0 Å². The molecule has 0 aliphatic rings. The number of thiazole rings is 1. The van der Waals surface area contributed by atoms with Crippen LogP contribution < -0.4 is 5.32 Å². The van der Waals surface area contributed by atoms with Crippen molar-refractivity contribution in [1.29, 1.82) is 0 Å². The first-order valence-corrected chi connectivity index (χ1v) is 7.93. The van der Waals surface area contributed by atoms with E-state index in [1.807, 2.05) is 24.3 Å². The summed E-state index contributed by atoms with van der Waals surface area (Å²) in [5.41, 5.74) is 2.44. The molecule has 0 saturated carbocycles. The van der Waals surface area contributed by atoms with Crippen molar-refractivity contribution >= 4 is 28.9 Å². The predicted molar refractivity (Wildman–Crippen MR) is 86.3 cm³/mol. The smallest absolute Gasteiger partial charge is 0.309 e. The number of anilines is 1. The zero-order valence-corrected chi connectivity index (χ0v) is 13.3. The third-order valence-electron chi connectivity index (χ3n) is 3.30. The molecule has 116 valence electrons. The fourth-order valence-corrected chi connectivity index (χ4v) is 2.82. The highest BCUT2D eigenvalue weighted by Crippen LogP contribution is 2.22. The monoisotopic (exact) mass is 318 g/mol. The van der Waals surface area contributed by atoms with Crippen LogP contribution >= 0.6 is 11.3 Å². The molecule has 1 atom stereocenters. The molecule has 22 heavy (non-hydrogen) atoms. The van der Waals surface area contributed by atoms with Crippen LogP contribution in [0.1, 0.15) is 36.0 Å². The number of hydrogen-bond donors (Lipinski definition) is 2. The van der Waals surface area contributed by atoms with Crippen LogP contribution in [0.3, 0.4) is 0 Å². The zero-order chi connectivity index (χ0) is 16.1. The summed E-state index contributed by atoms with van der Waals surface area (Å²) in [6, 6.07) is 7.71. The van der Waals surface area contributed by atoms with Gasteiger partial charge in [0.25, 0.3) is 0 Å². The van der Waals surface area contributed by atoms with Gasteiger partial charge in [0.1, 0.15) is 5.01 Å². The van der Waals surface area contributed by atoms with Crippen molar-refractivity contribution < 1.29 is 14.7 Å². The van der Waals surface area contributed by atoms with Gasteiger partial charge < -0.3 is 10.4 Å². The van der Waals surface area contributed by atoms with Crippen molar-refractivity contribution in [3.8, 4) is 0 Å². The van der Waals surface area contributed by atoms with E-state index in [-0.39, 0.29) is 12.3 Å². The third-order valence-corrected chi connectivity index (χ3v) is 4.37. The van der Waals surface area contributed by atoms with Crippen molar-refractivity contribution in [3.63, 3.8) is 0 Å². The predicted octanol–water partition coefficient (Wildman–Crippen LogP) is 3.07. The summed E-state index contributed by atoms with van der Waals surface area (Å²) >= 11 is 1.31. The van der Waals surface area contributed by atoms with Gasteiger partial charge >= 0.3 is 5.97 Å². The van der Waals surface area contributed by atoms with Gasteiger partial charge in [-0.3, -0.25) is 9.59 Å². The third kappa shape index (κ3) is 4.14. The molecule has 1 amide bonds. The van der Waals surface area contributed by atoms with Crippen molar-refractivity contribution in [1.82, 2.24) is 4.98 Å². The Kier molecular flexibility index (Phi) is 5.27. The average molecular weight is 318 g/mol. The number of carbonyl (C=O) groups is 2. The maximum atomic E-state index is 12.2. The van der Waals surface area contributed by atoms with Gasteiger partial charge in [0.05, 0.1) is 18.0 Å². The molecule has 0 saturated heterocycles. The van der Waals surface area contributed by atoms with E-state index < -0.39 is 11.9 Å². The molecule has 2 rings (SSSR count). The molecular weight excluding hydrogens is 300 g/mol. The molecule has 0 spiro atoms. The Hall–Kier alpha value is -2.21. The van der Waals surface area contributed by atoms with Crippen LogP contribution in [-0.4, -0.2) is 22.0 Å². The van der Waals surface area contributed by atoms with E-state index in [2.05, 4.69) is 17.2 Å². The number of rotatable bonds is 6. The first-order valence-electron chi connectivity index (χ1n) is 7.05. The Morgan fingerprint density at radius 1 is 1.32 bits per heavy atom. The summed E-state index contributed by atoms with van der Waals surface area (Å²) in [5.74, 6) is -1.50. The second kappa shape index (κ2) is 7.17. The normalized spacial score (nSPS) is 11.9. The molecule has 1 aromatic carbocycles. The molecule has 1 heterocycles. The van der Waals surface area contributed by atoms with E-state index in [9.17, 15) is 9.59 Å². The molecule has 0 fully saturated rings. The van der Waals surface area contributed by atoms with Crippen molar-refractivity contribution in [3.05, 3.63) is 45.9 Å². The summed E-state index contributed by atoms with van der Waals surface area (Å²) in [6.45, 7) is 3.84. The Morgan fingerprint density at radius 2 is 2.00 bits per heavy atom. The summed E-state index contributed by atoms with van der Waals surface area (Å²) in [5, 5.41) is 13.9. The van der Waals surface area contributed by atoms with E-state index in [1.54, 1.807) is 12.3 Å². The quantitative estimate of drug-likeness (QED) is 0.858. The summed E-state index contributed by atoms with van der Waals surface area (Å²) in [7, 11) is 0. The van der Waals surface area contributed by atoms with Gasteiger partial charge in [0.2, 0.25) is 5.91 Å². The van der Waals surface area contributed by atoms with Crippen LogP contribution in [-0.2, 0) is 22.4 Å². The van der Waals surface area contributed by atoms with Crippen molar-refractivity contribution in [2.24, 2.45) is 0 Å². The number of hydrogen-bond acceptors (Lipinski definition) is 4. The Bertz CT molecular complexity index is 664. The van der Waals surface area contributed by atoms with Crippen LogP contribution in [0.4, 0.5) is 5.69 Å². The van der Waals surface area contributed by atoms with Gasteiger partial charge in [-0.2, -0.15) is 0 Å². The maximum absolute atomic E-state index is 12.2. The Labute approximate surface area is 133 Å². The van der Waals surface area contributed by atoms with Gasteiger partial charge in [-0.25, -0.2) is 4.98 Å². The summed E-state index contributed by atoms with van der Waals surface area (Å²) in [6.07, 6.45) is 0.833. The van der Waals surface area contributed by atoms with Gasteiger partial charge in [0.15, 0.2) is 0 Å². The van der Waals surface area contributed by atoms with Crippen LogP contribution in [0.25, 0.3) is 0 Å². The molecule has 0 radical (unpaired) electrons. The van der Waals surface area contributed by atoms with E-state index in [0.717, 1.165) is 12.1 Å². The second-order valence-corrected chi connectivity index (χ2v) is 5.90. The summed E-state index contributed by atoms with van der Waals surface area (Å²) < 4.78 is 0. The Balaban J connectivity index is 2.01. The molecule has 2 N–H and O–H groups in total. The number of amides is 1. The Morgan fingerprint density at radius 3 is 2.59 bits per heavy atom. The van der Waals surface area contributed by atoms with Crippen molar-refractivity contribution in [2.75, 3.05) is 5.32 Å². The van der Waals surface area contributed by atoms with Crippen molar-refractivity contribution in [2.45, 2.75) is 32.6 Å². The molecule has 5 nitrogen and oxygen atoms in total. The SMILES string of the molecule is CCc1ccc(NC(=O)C(C)c2nc(CC(=O)O)cs2)cc1. The molecule has 0 aliphatic heterocycles. The highest BCUT2D eigenvalue weighted by atomic mass is 32.1. The zero-order valence-electron chi connectivity index (χ0n) is 12.5. The topological polar surface area (TPSA) is 79.3 Å². The number of benzene rings is 1. The fourth-order valence-electron chi connectivity index (χ4n) is 1.94. The molecule has 2 aromatic rings. The van der Waals surface area contributed by atoms with Gasteiger partial charge in [-0.05, 0) is 31.0 Å². The highest BCUT2D eigenvalue weighted by molar-refractivity contribution is 7.09. The van der Waals surface area contributed by atoms with E-state index in [4.69, 9.17) is 5.11 Å². The lowest BCUT2D eigenvalue weighted by Gasteiger charge is -2.10. The number of aromatic nitrogens is 1. The lowest BCUT2D eigenvalue weighted by molar-refractivity contribution is -0.136. The molecular formula is C16H18N2O3S. The lowest BCUT2D eigenvalue weighted by Crippen LogP contribution is -2.18. The first-order chi connectivity index (χ1) is 10.5. The average Bonchev–Trinajstić information content (AvgIpc) is 2.94. The number of carboxylic acid groups (broad SMARTS) is 1. The number of nitrogens with one attached hydrogen (secondary N) is 1. The first kappa shape index (κ1) is 16.2. The number of nitrogens with zero attached hydrogens (tertiary/aromatic N) is 1. The van der Waals surface area contributed by atoms with E-state index in [1.165, 1.54) is 16.9 Å². The number of carbonyl (C=O) groups excluding carboxylic acids is 1. The molecule has 1 aromatic heterocycles. The minimum absolute atomic E-state index is 0.122. The molecule has 6 heteroatoms. The molecule has 0 bridgehead atoms. The lowest BCUT2D eigenvalue weighted by atomic mass is 10.1. The van der Waals surface area contributed by atoms with E-state index >= 15 is 0 Å². The number of aryl methyl sites for hydroxylation is 1. The number of aliphatic carboxylic acids is 1. The minimum atomic E-state index is -0.926. The fraction of sp³-hybridized carbons (Fsp3) is 0.312. The summed E-state index contributed by atoms with van der Waals surface area (Å²) in [4.78, 5) is 27.1. The van der Waals surface area contributed by atoms with E-state index in [0.29, 0.717) is 10.7 Å². The maximum Gasteiger partial charge on any atom is 0.309 e. The van der Waals surface area contributed by atoms with Crippen LogP contribution in [0.15, 0.2) is 29.6 Å². The second-order valence-electron chi connectivity index (χ2n) is 5.01. The highest BCUT2D eigenvalue weighted by Gasteiger charge is 2.19. The van der Waals surface area contributed by atoms with Gasteiger partial charge in [0, 0.05) is 11.1 Å².